The monoisotopic (exact) mass is 383 g/mol. The van der Waals surface area contributed by atoms with Gasteiger partial charge in [0.15, 0.2) is 6.86 Å². The fraction of sp³-hybridized carbons (Fsp3) is 0.667. The van der Waals surface area contributed by atoms with Gasteiger partial charge in [0.05, 0.1) is 32.5 Å². The number of methoxy groups -OCH3 is 1. The lowest BCUT2D eigenvalue weighted by molar-refractivity contribution is -0.0514. The van der Waals surface area contributed by atoms with E-state index in [0.717, 1.165) is 18.8 Å². The SMILES string of the molecule is COC1CN(c2ccc(C(=O)N[C@@H](C)COCF)nc2OCC2COC2)C1. The summed E-state index contributed by atoms with van der Waals surface area (Å²) < 4.78 is 33.1. The Bertz CT molecular complexity index is 637. The number of nitrogens with one attached hydrogen (secondary N) is 1. The van der Waals surface area contributed by atoms with E-state index in [0.29, 0.717) is 31.6 Å². The second-order valence-electron chi connectivity index (χ2n) is 6.85. The third kappa shape index (κ3) is 5.06. The van der Waals surface area contributed by atoms with E-state index < -0.39 is 6.86 Å². The van der Waals surface area contributed by atoms with Gasteiger partial charge >= 0.3 is 0 Å². The molecule has 0 bridgehead atoms. The summed E-state index contributed by atoms with van der Waals surface area (Å²) in [6, 6.07) is 3.17. The summed E-state index contributed by atoms with van der Waals surface area (Å²) in [7, 11) is 1.69. The van der Waals surface area contributed by atoms with Gasteiger partial charge in [0.2, 0.25) is 5.88 Å². The molecule has 1 aromatic rings. The number of carbonyl (C=O) groups is 1. The lowest BCUT2D eigenvalue weighted by Crippen LogP contribution is -2.52. The Labute approximate surface area is 157 Å². The largest absolute Gasteiger partial charge is 0.476 e. The van der Waals surface area contributed by atoms with Crippen molar-refractivity contribution in [3.63, 3.8) is 0 Å². The van der Waals surface area contributed by atoms with Gasteiger partial charge in [-0.2, -0.15) is 0 Å². The molecule has 2 aliphatic rings. The summed E-state index contributed by atoms with van der Waals surface area (Å²) in [5, 5.41) is 2.74. The summed E-state index contributed by atoms with van der Waals surface area (Å²) in [5.74, 6) is 0.418. The van der Waals surface area contributed by atoms with Gasteiger partial charge in [0.25, 0.3) is 5.91 Å². The average molecular weight is 383 g/mol. The molecule has 0 aromatic carbocycles. The molecule has 0 aliphatic carbocycles. The van der Waals surface area contributed by atoms with Crippen LogP contribution in [0.15, 0.2) is 12.1 Å². The molecule has 2 aliphatic heterocycles. The fourth-order valence-electron chi connectivity index (χ4n) is 2.83. The van der Waals surface area contributed by atoms with Crippen molar-refractivity contribution in [3.8, 4) is 5.88 Å². The highest BCUT2D eigenvalue weighted by Crippen LogP contribution is 2.31. The summed E-state index contributed by atoms with van der Waals surface area (Å²) in [6.45, 7) is 4.31. The molecule has 8 nitrogen and oxygen atoms in total. The number of carbonyl (C=O) groups excluding carboxylic acids is 1. The molecule has 150 valence electrons. The van der Waals surface area contributed by atoms with Crippen LogP contribution in [0.5, 0.6) is 5.88 Å². The lowest BCUT2D eigenvalue weighted by Gasteiger charge is -2.40. The average Bonchev–Trinajstić information content (AvgIpc) is 2.58. The van der Waals surface area contributed by atoms with Crippen molar-refractivity contribution in [1.29, 1.82) is 0 Å². The molecule has 1 atom stereocenters. The number of halogens is 1. The molecule has 0 radical (unpaired) electrons. The topological polar surface area (TPSA) is 82.2 Å². The summed E-state index contributed by atoms with van der Waals surface area (Å²) in [5.41, 5.74) is 1.09. The van der Waals surface area contributed by atoms with Crippen molar-refractivity contribution in [1.82, 2.24) is 10.3 Å². The molecule has 1 N–H and O–H groups in total. The van der Waals surface area contributed by atoms with Crippen LogP contribution in [0.3, 0.4) is 0 Å². The van der Waals surface area contributed by atoms with Crippen LogP contribution < -0.4 is 15.0 Å². The standard InChI is InChI=1S/C18H26FN3O5/c1-12(7-26-11-19)20-17(23)15-3-4-16(22-5-14(6-22)24-2)18(21-15)27-10-13-8-25-9-13/h3-4,12-14H,5-11H2,1-2H3,(H,20,23)/t12-/m0/s1. The quantitative estimate of drug-likeness (QED) is 0.646. The molecular formula is C18H26FN3O5. The first-order chi connectivity index (χ1) is 13.1. The molecular weight excluding hydrogens is 357 g/mol. The third-order valence-electron chi connectivity index (χ3n) is 4.58. The fourth-order valence-corrected chi connectivity index (χ4v) is 2.83. The second-order valence-corrected chi connectivity index (χ2v) is 6.85. The Balaban J connectivity index is 1.68. The highest BCUT2D eigenvalue weighted by Gasteiger charge is 2.30. The van der Waals surface area contributed by atoms with E-state index in [2.05, 4.69) is 19.9 Å². The first-order valence-corrected chi connectivity index (χ1v) is 9.04. The Kier molecular flexibility index (Phi) is 6.81. The van der Waals surface area contributed by atoms with Crippen LogP contribution in [0.2, 0.25) is 0 Å². The molecule has 3 rings (SSSR count). The number of hydrogen-bond donors (Lipinski definition) is 1. The number of nitrogens with zero attached hydrogens (tertiary/aromatic N) is 2. The molecule has 1 aromatic heterocycles. The minimum absolute atomic E-state index is 0.0948. The number of ether oxygens (including phenoxy) is 4. The first-order valence-electron chi connectivity index (χ1n) is 9.04. The van der Waals surface area contributed by atoms with E-state index >= 15 is 0 Å². The van der Waals surface area contributed by atoms with E-state index in [1.165, 1.54) is 0 Å². The second kappa shape index (κ2) is 9.29. The van der Waals surface area contributed by atoms with Crippen molar-refractivity contribution in [2.75, 3.05) is 58.4 Å². The molecule has 1 amide bonds. The van der Waals surface area contributed by atoms with E-state index in [-0.39, 0.29) is 30.4 Å². The molecule has 0 saturated carbocycles. The number of anilines is 1. The molecule has 27 heavy (non-hydrogen) atoms. The highest BCUT2D eigenvalue weighted by molar-refractivity contribution is 5.93. The van der Waals surface area contributed by atoms with Crippen LogP contribution in [0.4, 0.5) is 10.1 Å². The Morgan fingerprint density at radius 3 is 2.85 bits per heavy atom. The Morgan fingerprint density at radius 1 is 1.44 bits per heavy atom. The van der Waals surface area contributed by atoms with Gasteiger partial charge in [0, 0.05) is 32.2 Å². The summed E-state index contributed by atoms with van der Waals surface area (Å²) >= 11 is 0. The number of aromatic nitrogens is 1. The highest BCUT2D eigenvalue weighted by atomic mass is 19.1. The van der Waals surface area contributed by atoms with Gasteiger partial charge in [-0.3, -0.25) is 4.79 Å². The number of rotatable bonds is 10. The van der Waals surface area contributed by atoms with E-state index in [9.17, 15) is 9.18 Å². The smallest absolute Gasteiger partial charge is 0.270 e. The first kappa shape index (κ1) is 19.8. The Morgan fingerprint density at radius 2 is 2.22 bits per heavy atom. The summed E-state index contributed by atoms with van der Waals surface area (Å²) in [4.78, 5) is 18.9. The zero-order valence-electron chi connectivity index (χ0n) is 15.7. The normalized spacial score (nSPS) is 18.6. The molecule has 0 unspecified atom stereocenters. The minimum atomic E-state index is -0.881. The maximum absolute atomic E-state index is 12.4. The number of pyridine rings is 1. The van der Waals surface area contributed by atoms with Crippen LogP contribution in [0, 0.1) is 5.92 Å². The van der Waals surface area contributed by atoms with Crippen LogP contribution in [-0.2, 0) is 14.2 Å². The van der Waals surface area contributed by atoms with E-state index in [4.69, 9.17) is 14.2 Å². The van der Waals surface area contributed by atoms with Gasteiger partial charge in [-0.25, -0.2) is 9.37 Å². The molecule has 0 spiro atoms. The molecule has 2 fully saturated rings. The molecule has 9 heteroatoms. The van der Waals surface area contributed by atoms with Gasteiger partial charge in [-0.05, 0) is 19.1 Å². The number of hydrogen-bond acceptors (Lipinski definition) is 7. The van der Waals surface area contributed by atoms with Crippen LogP contribution in [0.25, 0.3) is 0 Å². The van der Waals surface area contributed by atoms with Crippen molar-refractivity contribution in [3.05, 3.63) is 17.8 Å². The third-order valence-corrected chi connectivity index (χ3v) is 4.58. The summed E-state index contributed by atoms with van der Waals surface area (Å²) in [6.07, 6.45) is 0.192. The zero-order valence-corrected chi connectivity index (χ0v) is 15.7. The van der Waals surface area contributed by atoms with Crippen LogP contribution >= 0.6 is 0 Å². The van der Waals surface area contributed by atoms with E-state index in [1.54, 1.807) is 20.1 Å². The molecule has 2 saturated heterocycles. The van der Waals surface area contributed by atoms with Crippen molar-refractivity contribution in [2.24, 2.45) is 5.92 Å². The number of amides is 1. The van der Waals surface area contributed by atoms with Crippen LogP contribution in [-0.4, -0.2) is 76.5 Å². The molecule has 3 heterocycles. The minimum Gasteiger partial charge on any atom is -0.476 e. The maximum atomic E-state index is 12.4. The van der Waals surface area contributed by atoms with Crippen molar-refractivity contribution in [2.45, 2.75) is 19.1 Å². The van der Waals surface area contributed by atoms with Crippen LogP contribution in [0.1, 0.15) is 17.4 Å². The van der Waals surface area contributed by atoms with Gasteiger partial charge in [0.1, 0.15) is 11.4 Å². The predicted octanol–water partition coefficient (Wildman–Crippen LogP) is 1.00. The van der Waals surface area contributed by atoms with E-state index in [1.807, 2.05) is 6.07 Å². The van der Waals surface area contributed by atoms with Gasteiger partial charge in [-0.15, -0.1) is 0 Å². The van der Waals surface area contributed by atoms with Gasteiger partial charge in [-0.1, -0.05) is 0 Å². The predicted molar refractivity (Wildman–Crippen MR) is 95.9 cm³/mol. The Hall–Kier alpha value is -1.97. The van der Waals surface area contributed by atoms with Gasteiger partial charge < -0.3 is 29.2 Å². The lowest BCUT2D eigenvalue weighted by atomic mass is 10.1. The zero-order chi connectivity index (χ0) is 19.2. The maximum Gasteiger partial charge on any atom is 0.270 e. The van der Waals surface area contributed by atoms with Crippen molar-refractivity contribution >= 4 is 11.6 Å². The van der Waals surface area contributed by atoms with Crippen molar-refractivity contribution < 1.29 is 28.1 Å². The number of alkyl halides is 1.